The van der Waals surface area contributed by atoms with Crippen LogP contribution in [0.5, 0.6) is 0 Å². The van der Waals surface area contributed by atoms with Gasteiger partial charge in [-0.2, -0.15) is 0 Å². The van der Waals surface area contributed by atoms with Crippen LogP contribution in [0.25, 0.3) is 0 Å². The maximum atomic E-state index is 5.76. The van der Waals surface area contributed by atoms with Crippen molar-refractivity contribution in [2.24, 2.45) is 5.73 Å². The quantitative estimate of drug-likeness (QED) is 0.806. The van der Waals surface area contributed by atoms with Gasteiger partial charge in [-0.15, -0.1) is 0 Å². The molecule has 3 N–H and O–H groups in total. The van der Waals surface area contributed by atoms with E-state index in [1.165, 1.54) is 5.56 Å². The first-order valence-corrected chi connectivity index (χ1v) is 6.87. The fraction of sp³-hybridized carbons (Fsp3) is 0.188. The second-order valence-electron chi connectivity index (χ2n) is 4.44. The molecule has 0 aliphatic heterocycles. The largest absolute Gasteiger partial charge is 0.389 e. The van der Waals surface area contributed by atoms with Gasteiger partial charge in [-0.05, 0) is 30.2 Å². The zero-order valence-corrected chi connectivity index (χ0v) is 11.8. The van der Waals surface area contributed by atoms with Gasteiger partial charge in [-0.25, -0.2) is 0 Å². The van der Waals surface area contributed by atoms with Crippen molar-refractivity contribution < 1.29 is 0 Å². The number of hydrogen-bond donors (Lipinski definition) is 2. The molecule has 0 saturated heterocycles. The van der Waals surface area contributed by atoms with E-state index in [9.17, 15) is 0 Å². The van der Waals surface area contributed by atoms with Gasteiger partial charge in [0, 0.05) is 16.9 Å². The third-order valence-corrected chi connectivity index (χ3v) is 3.22. The summed E-state index contributed by atoms with van der Waals surface area (Å²) >= 11 is 5.09. The van der Waals surface area contributed by atoms with E-state index in [0.29, 0.717) is 4.99 Å². The molecule has 0 heterocycles. The van der Waals surface area contributed by atoms with Crippen LogP contribution in [0.3, 0.4) is 0 Å². The van der Waals surface area contributed by atoms with Crippen LogP contribution >= 0.6 is 12.2 Å². The molecule has 0 aliphatic carbocycles. The Bertz CT molecular complexity index is 578. The minimum absolute atomic E-state index is 0.413. The predicted molar refractivity (Wildman–Crippen MR) is 86.0 cm³/mol. The van der Waals surface area contributed by atoms with Gasteiger partial charge >= 0.3 is 0 Å². The third kappa shape index (κ3) is 3.32. The SMILES string of the molecule is CCCc1ccccc1Nc1ccccc1C(N)=S. The van der Waals surface area contributed by atoms with Crippen molar-refractivity contribution in [3.8, 4) is 0 Å². The Hall–Kier alpha value is -1.87. The zero-order chi connectivity index (χ0) is 13.7. The fourth-order valence-corrected chi connectivity index (χ4v) is 2.26. The summed E-state index contributed by atoms with van der Waals surface area (Å²) in [5, 5.41) is 3.44. The van der Waals surface area contributed by atoms with E-state index < -0.39 is 0 Å². The lowest BCUT2D eigenvalue weighted by Crippen LogP contribution is -2.12. The Labute approximate surface area is 119 Å². The molecular formula is C16H18N2S. The van der Waals surface area contributed by atoms with Gasteiger partial charge in [-0.1, -0.05) is 55.9 Å². The van der Waals surface area contributed by atoms with Crippen molar-refractivity contribution in [2.75, 3.05) is 5.32 Å². The first kappa shape index (κ1) is 13.6. The molecule has 2 aromatic carbocycles. The summed E-state index contributed by atoms with van der Waals surface area (Å²) in [5.41, 5.74) is 10.0. The molecule has 3 heteroatoms. The van der Waals surface area contributed by atoms with E-state index in [2.05, 4.69) is 30.4 Å². The number of thiocarbonyl (C=S) groups is 1. The Balaban J connectivity index is 2.34. The fourth-order valence-electron chi connectivity index (χ4n) is 2.08. The topological polar surface area (TPSA) is 38.0 Å². The lowest BCUT2D eigenvalue weighted by atomic mass is 10.1. The van der Waals surface area contributed by atoms with Crippen LogP contribution in [0, 0.1) is 0 Å². The second kappa shape index (κ2) is 6.34. The molecule has 2 nitrogen and oxygen atoms in total. The number of hydrogen-bond acceptors (Lipinski definition) is 2. The summed E-state index contributed by atoms with van der Waals surface area (Å²) in [5.74, 6) is 0. The molecule has 0 bridgehead atoms. The number of aryl methyl sites for hydroxylation is 1. The lowest BCUT2D eigenvalue weighted by Gasteiger charge is -2.14. The van der Waals surface area contributed by atoms with Crippen molar-refractivity contribution >= 4 is 28.6 Å². The van der Waals surface area contributed by atoms with E-state index in [1.54, 1.807) is 0 Å². The molecule has 0 atom stereocenters. The molecule has 0 aliphatic rings. The number of para-hydroxylation sites is 2. The first-order chi connectivity index (χ1) is 9.22. The Morgan fingerprint density at radius 2 is 1.68 bits per heavy atom. The van der Waals surface area contributed by atoms with Gasteiger partial charge in [-0.3, -0.25) is 0 Å². The van der Waals surface area contributed by atoms with Crippen molar-refractivity contribution in [1.82, 2.24) is 0 Å². The second-order valence-corrected chi connectivity index (χ2v) is 4.88. The predicted octanol–water partition coefficient (Wildman–Crippen LogP) is 4.02. The molecular weight excluding hydrogens is 252 g/mol. The van der Waals surface area contributed by atoms with Crippen LogP contribution in [-0.4, -0.2) is 4.99 Å². The van der Waals surface area contributed by atoms with Gasteiger partial charge < -0.3 is 11.1 Å². The average Bonchev–Trinajstić information content (AvgIpc) is 2.42. The normalized spacial score (nSPS) is 10.2. The smallest absolute Gasteiger partial charge is 0.106 e. The van der Waals surface area contributed by atoms with Gasteiger partial charge in [0.1, 0.15) is 4.99 Å². The van der Waals surface area contributed by atoms with E-state index in [1.807, 2.05) is 30.3 Å². The van der Waals surface area contributed by atoms with Gasteiger partial charge in [0.2, 0.25) is 0 Å². The number of benzene rings is 2. The molecule has 0 spiro atoms. The summed E-state index contributed by atoms with van der Waals surface area (Å²) in [4.78, 5) is 0.413. The third-order valence-electron chi connectivity index (χ3n) is 3.00. The van der Waals surface area contributed by atoms with Crippen molar-refractivity contribution in [1.29, 1.82) is 0 Å². The standard InChI is InChI=1S/C16H18N2S/c1-2-7-12-8-3-5-10-14(12)18-15-11-6-4-9-13(15)16(17)19/h3-6,8-11,18H,2,7H2,1H3,(H2,17,19). The highest BCUT2D eigenvalue weighted by Gasteiger charge is 2.06. The van der Waals surface area contributed by atoms with Crippen LogP contribution in [0.4, 0.5) is 11.4 Å². The summed E-state index contributed by atoms with van der Waals surface area (Å²) in [6, 6.07) is 16.2. The summed E-state index contributed by atoms with van der Waals surface area (Å²) < 4.78 is 0. The molecule has 2 rings (SSSR count). The molecule has 19 heavy (non-hydrogen) atoms. The van der Waals surface area contributed by atoms with Gasteiger partial charge in [0.15, 0.2) is 0 Å². The van der Waals surface area contributed by atoms with E-state index in [-0.39, 0.29) is 0 Å². The van der Waals surface area contributed by atoms with E-state index in [4.69, 9.17) is 18.0 Å². The van der Waals surface area contributed by atoms with Crippen LogP contribution in [0.2, 0.25) is 0 Å². The number of rotatable bonds is 5. The first-order valence-electron chi connectivity index (χ1n) is 6.46. The summed E-state index contributed by atoms with van der Waals surface area (Å²) in [6.07, 6.45) is 2.17. The Kier molecular flexibility index (Phi) is 4.53. The zero-order valence-electron chi connectivity index (χ0n) is 11.0. The maximum Gasteiger partial charge on any atom is 0.106 e. The monoisotopic (exact) mass is 270 g/mol. The van der Waals surface area contributed by atoms with Crippen molar-refractivity contribution in [2.45, 2.75) is 19.8 Å². The van der Waals surface area contributed by atoms with Crippen LogP contribution in [0.1, 0.15) is 24.5 Å². The van der Waals surface area contributed by atoms with Crippen LogP contribution in [-0.2, 0) is 6.42 Å². The minimum atomic E-state index is 0.413. The number of nitrogens with two attached hydrogens (primary N) is 1. The molecule has 0 amide bonds. The van der Waals surface area contributed by atoms with Crippen molar-refractivity contribution in [3.05, 3.63) is 59.7 Å². The Morgan fingerprint density at radius 1 is 1.05 bits per heavy atom. The van der Waals surface area contributed by atoms with E-state index >= 15 is 0 Å². The highest BCUT2D eigenvalue weighted by Crippen LogP contribution is 2.24. The van der Waals surface area contributed by atoms with E-state index in [0.717, 1.165) is 29.8 Å². The number of nitrogens with one attached hydrogen (secondary N) is 1. The highest BCUT2D eigenvalue weighted by molar-refractivity contribution is 7.80. The highest BCUT2D eigenvalue weighted by atomic mass is 32.1. The maximum absolute atomic E-state index is 5.76. The van der Waals surface area contributed by atoms with Gasteiger partial charge in [0.05, 0.1) is 0 Å². The molecule has 0 saturated carbocycles. The molecule has 0 unspecified atom stereocenters. The van der Waals surface area contributed by atoms with Crippen molar-refractivity contribution in [3.63, 3.8) is 0 Å². The molecule has 0 radical (unpaired) electrons. The lowest BCUT2D eigenvalue weighted by molar-refractivity contribution is 0.923. The molecule has 0 aromatic heterocycles. The summed E-state index contributed by atoms with van der Waals surface area (Å²) in [7, 11) is 0. The average molecular weight is 270 g/mol. The minimum Gasteiger partial charge on any atom is -0.389 e. The van der Waals surface area contributed by atoms with Gasteiger partial charge in [0.25, 0.3) is 0 Å². The molecule has 0 fully saturated rings. The summed E-state index contributed by atoms with van der Waals surface area (Å²) in [6.45, 7) is 2.18. The van der Waals surface area contributed by atoms with Crippen LogP contribution in [0.15, 0.2) is 48.5 Å². The Morgan fingerprint density at radius 3 is 2.37 bits per heavy atom. The van der Waals surface area contributed by atoms with Crippen LogP contribution < -0.4 is 11.1 Å². The molecule has 98 valence electrons. The molecule has 2 aromatic rings. The number of anilines is 2.